The minimum Gasteiger partial charge on any atom is -0.269 e. The van der Waals surface area contributed by atoms with Crippen molar-refractivity contribution < 1.29 is 9.23 Å². The van der Waals surface area contributed by atoms with Gasteiger partial charge in [0.2, 0.25) is 0 Å². The highest BCUT2D eigenvalue weighted by Crippen LogP contribution is 2.26. The number of aromatic nitrogens is 1. The first-order valence-electron chi connectivity index (χ1n) is 8.62. The van der Waals surface area contributed by atoms with Crippen LogP contribution in [-0.2, 0) is 11.3 Å². The predicted molar refractivity (Wildman–Crippen MR) is 104 cm³/mol. The molecule has 4 heteroatoms. The van der Waals surface area contributed by atoms with E-state index in [9.17, 15) is 4.39 Å². The van der Waals surface area contributed by atoms with Crippen LogP contribution in [0.25, 0.3) is 10.9 Å². The van der Waals surface area contributed by atoms with E-state index in [-0.39, 0.29) is 5.82 Å². The first-order chi connectivity index (χ1) is 12.5. The van der Waals surface area contributed by atoms with Gasteiger partial charge in [-0.3, -0.25) is 15.3 Å². The number of halogens is 1. The van der Waals surface area contributed by atoms with E-state index in [1.807, 2.05) is 37.3 Å². The van der Waals surface area contributed by atoms with E-state index < -0.39 is 5.60 Å². The molecular weight excluding hydrogens is 327 g/mol. The Morgan fingerprint density at radius 2 is 1.96 bits per heavy atom. The third-order valence-corrected chi connectivity index (χ3v) is 4.17. The molecule has 3 aromatic rings. The molecule has 0 amide bonds. The molecule has 0 aliphatic heterocycles. The third-order valence-electron chi connectivity index (χ3n) is 4.17. The molecule has 3 rings (SSSR count). The summed E-state index contributed by atoms with van der Waals surface area (Å²) in [6, 6.07) is 16.9. The van der Waals surface area contributed by atoms with Crippen LogP contribution in [0.15, 0.2) is 72.9 Å². The van der Waals surface area contributed by atoms with Gasteiger partial charge in [-0.1, -0.05) is 48.0 Å². The Kier molecular flexibility index (Phi) is 5.33. The van der Waals surface area contributed by atoms with Crippen molar-refractivity contribution in [2.24, 2.45) is 0 Å². The van der Waals surface area contributed by atoms with Gasteiger partial charge in [0.15, 0.2) is 0 Å². The number of hydrogen-bond donors (Lipinski definition) is 1. The van der Waals surface area contributed by atoms with Gasteiger partial charge in [0.1, 0.15) is 16.9 Å². The normalized spacial score (nSPS) is 13.3. The van der Waals surface area contributed by atoms with Crippen LogP contribution in [0, 0.1) is 5.82 Å². The van der Waals surface area contributed by atoms with Crippen LogP contribution < -0.4 is 5.48 Å². The van der Waals surface area contributed by atoms with Gasteiger partial charge >= 0.3 is 0 Å². The molecule has 0 bridgehead atoms. The molecular formula is C22H23FN2O. The number of fused-ring (bicyclic) bond motifs is 1. The van der Waals surface area contributed by atoms with E-state index in [1.165, 1.54) is 11.6 Å². The zero-order valence-electron chi connectivity index (χ0n) is 15.1. The predicted octanol–water partition coefficient (Wildman–Crippen LogP) is 5.69. The molecule has 1 unspecified atom stereocenters. The van der Waals surface area contributed by atoms with Gasteiger partial charge in [-0.05, 0) is 38.0 Å². The molecule has 0 fully saturated rings. The Bertz CT molecular complexity index is 910. The van der Waals surface area contributed by atoms with Crippen LogP contribution >= 0.6 is 0 Å². The summed E-state index contributed by atoms with van der Waals surface area (Å²) in [5.74, 6) is -0.328. The fourth-order valence-corrected chi connectivity index (χ4v) is 3.16. The van der Waals surface area contributed by atoms with Crippen LogP contribution in [0.4, 0.5) is 10.1 Å². The molecule has 1 N–H and O–H groups in total. The Balaban J connectivity index is 1.78. The van der Waals surface area contributed by atoms with Crippen molar-refractivity contribution in [3.8, 4) is 0 Å². The molecule has 1 heterocycles. The highest BCUT2D eigenvalue weighted by atomic mass is 19.1. The summed E-state index contributed by atoms with van der Waals surface area (Å²) in [4.78, 5) is 10.3. The lowest BCUT2D eigenvalue weighted by Crippen LogP contribution is -2.34. The zero-order chi connectivity index (χ0) is 18.6. The molecule has 0 aliphatic carbocycles. The number of hydrogen-bond acceptors (Lipinski definition) is 3. The standard InChI is InChI=1S/C22H23FN2O/c1-16(2)13-22(3,14-17-8-5-4-6-9-17)26-25-19-12-18-10-7-11-20(23)21(18)24-15-19/h4-12,15,25H,1,13-14H2,2-3H3. The molecule has 134 valence electrons. The summed E-state index contributed by atoms with van der Waals surface area (Å²) in [5, 5.41) is 0.725. The van der Waals surface area contributed by atoms with Gasteiger partial charge in [0, 0.05) is 11.8 Å². The fourth-order valence-electron chi connectivity index (χ4n) is 3.16. The van der Waals surface area contributed by atoms with Crippen LogP contribution in [0.3, 0.4) is 0 Å². The van der Waals surface area contributed by atoms with Crippen molar-refractivity contribution in [2.45, 2.75) is 32.3 Å². The number of rotatable bonds is 7. The summed E-state index contributed by atoms with van der Waals surface area (Å²) < 4.78 is 13.8. The molecule has 2 aromatic carbocycles. The number of benzene rings is 2. The molecule has 26 heavy (non-hydrogen) atoms. The van der Waals surface area contributed by atoms with Crippen molar-refractivity contribution in [2.75, 3.05) is 5.48 Å². The smallest absolute Gasteiger partial charge is 0.149 e. The minimum atomic E-state index is -0.468. The number of pyridine rings is 1. The first kappa shape index (κ1) is 18.1. The SMILES string of the molecule is C=C(C)CC(C)(Cc1ccccc1)ONc1cnc2c(F)cccc2c1. The maximum absolute atomic E-state index is 13.8. The summed E-state index contributed by atoms with van der Waals surface area (Å²) >= 11 is 0. The zero-order valence-corrected chi connectivity index (χ0v) is 15.1. The van der Waals surface area contributed by atoms with E-state index in [1.54, 1.807) is 12.3 Å². The van der Waals surface area contributed by atoms with Crippen LogP contribution in [0.1, 0.15) is 25.8 Å². The molecule has 0 saturated heterocycles. The average molecular weight is 350 g/mol. The number of nitrogens with one attached hydrogen (secondary N) is 1. The first-order valence-corrected chi connectivity index (χ1v) is 8.62. The second-order valence-corrected chi connectivity index (χ2v) is 6.99. The second kappa shape index (κ2) is 7.67. The summed E-state index contributed by atoms with van der Waals surface area (Å²) in [7, 11) is 0. The topological polar surface area (TPSA) is 34.1 Å². The lowest BCUT2D eigenvalue weighted by atomic mass is 9.90. The molecule has 1 aromatic heterocycles. The van der Waals surface area contributed by atoms with E-state index in [0.29, 0.717) is 17.6 Å². The van der Waals surface area contributed by atoms with E-state index in [4.69, 9.17) is 4.84 Å². The number of nitrogens with zero attached hydrogens (tertiary/aromatic N) is 1. The van der Waals surface area contributed by atoms with Gasteiger partial charge in [0.05, 0.1) is 11.9 Å². The lowest BCUT2D eigenvalue weighted by molar-refractivity contribution is 0.00509. The van der Waals surface area contributed by atoms with E-state index in [0.717, 1.165) is 17.4 Å². The third kappa shape index (κ3) is 4.46. The summed E-state index contributed by atoms with van der Waals surface area (Å²) in [5.41, 5.74) is 5.80. The highest BCUT2D eigenvalue weighted by molar-refractivity contribution is 5.81. The van der Waals surface area contributed by atoms with Crippen LogP contribution in [0.2, 0.25) is 0 Å². The second-order valence-electron chi connectivity index (χ2n) is 6.99. The maximum Gasteiger partial charge on any atom is 0.149 e. The highest BCUT2D eigenvalue weighted by Gasteiger charge is 2.27. The average Bonchev–Trinajstić information content (AvgIpc) is 2.60. The Labute approximate surface area is 153 Å². The fraction of sp³-hybridized carbons (Fsp3) is 0.227. The summed E-state index contributed by atoms with van der Waals surface area (Å²) in [6.45, 7) is 8.07. The minimum absolute atomic E-state index is 0.328. The Morgan fingerprint density at radius 3 is 2.69 bits per heavy atom. The van der Waals surface area contributed by atoms with Crippen molar-refractivity contribution >= 4 is 16.6 Å². The van der Waals surface area contributed by atoms with Gasteiger partial charge < -0.3 is 0 Å². The van der Waals surface area contributed by atoms with Gasteiger partial charge in [-0.15, -0.1) is 6.58 Å². The van der Waals surface area contributed by atoms with Gasteiger partial charge in [0.25, 0.3) is 0 Å². The molecule has 3 nitrogen and oxygen atoms in total. The lowest BCUT2D eigenvalue weighted by Gasteiger charge is -2.30. The quantitative estimate of drug-likeness (QED) is 0.439. The van der Waals surface area contributed by atoms with Crippen molar-refractivity contribution in [3.63, 3.8) is 0 Å². The molecule has 1 atom stereocenters. The van der Waals surface area contributed by atoms with Crippen molar-refractivity contribution in [3.05, 3.63) is 84.3 Å². The van der Waals surface area contributed by atoms with E-state index in [2.05, 4.69) is 36.1 Å². The van der Waals surface area contributed by atoms with Crippen LogP contribution in [-0.4, -0.2) is 10.6 Å². The van der Waals surface area contributed by atoms with Gasteiger partial charge in [-0.2, -0.15) is 0 Å². The molecule has 0 radical (unpaired) electrons. The molecule has 0 spiro atoms. The number of para-hydroxylation sites is 1. The molecule has 0 aliphatic rings. The summed E-state index contributed by atoms with van der Waals surface area (Å²) in [6.07, 6.45) is 3.03. The van der Waals surface area contributed by atoms with E-state index >= 15 is 0 Å². The van der Waals surface area contributed by atoms with Crippen LogP contribution in [0.5, 0.6) is 0 Å². The molecule has 0 saturated carbocycles. The number of anilines is 1. The van der Waals surface area contributed by atoms with Gasteiger partial charge in [-0.25, -0.2) is 4.39 Å². The largest absolute Gasteiger partial charge is 0.269 e. The maximum atomic E-state index is 13.8. The Morgan fingerprint density at radius 1 is 1.19 bits per heavy atom. The monoisotopic (exact) mass is 350 g/mol. The Hall–Kier alpha value is -2.72. The van der Waals surface area contributed by atoms with Crippen molar-refractivity contribution in [1.29, 1.82) is 0 Å². The van der Waals surface area contributed by atoms with Crippen molar-refractivity contribution in [1.82, 2.24) is 4.98 Å².